The van der Waals surface area contributed by atoms with Crippen LogP contribution < -0.4 is 16.0 Å². The van der Waals surface area contributed by atoms with Crippen molar-refractivity contribution in [3.05, 3.63) is 0 Å². The molecule has 5 N–H and O–H groups in total. The second kappa shape index (κ2) is 8.20. The lowest BCUT2D eigenvalue weighted by molar-refractivity contribution is -0.143. The van der Waals surface area contributed by atoms with Gasteiger partial charge in [-0.25, -0.2) is 4.79 Å². The molecule has 1 fully saturated rings. The summed E-state index contributed by atoms with van der Waals surface area (Å²) in [6.45, 7) is 0.411. The Morgan fingerprint density at radius 1 is 1.24 bits per heavy atom. The highest BCUT2D eigenvalue weighted by Gasteiger charge is 2.24. The third-order valence-electron chi connectivity index (χ3n) is 3.08. The van der Waals surface area contributed by atoms with E-state index >= 15 is 0 Å². The highest BCUT2D eigenvalue weighted by molar-refractivity contribution is 5.89. The SMILES string of the molecule is O=C(O)CC[C@H](NC(=O)CNC(=O)[C@@H]1CCCN1)C(=O)O. The number of amides is 2. The number of hydrogen-bond acceptors (Lipinski definition) is 5. The largest absolute Gasteiger partial charge is 0.481 e. The summed E-state index contributed by atoms with van der Waals surface area (Å²) in [5, 5.41) is 24.9. The van der Waals surface area contributed by atoms with E-state index in [1.807, 2.05) is 0 Å². The average Bonchev–Trinajstić information content (AvgIpc) is 2.94. The summed E-state index contributed by atoms with van der Waals surface area (Å²) >= 11 is 0. The Labute approximate surface area is 121 Å². The normalized spacial score (nSPS) is 18.8. The van der Waals surface area contributed by atoms with Crippen molar-refractivity contribution in [2.75, 3.05) is 13.1 Å². The van der Waals surface area contributed by atoms with Gasteiger partial charge in [-0.2, -0.15) is 0 Å². The van der Waals surface area contributed by atoms with Crippen LogP contribution in [0.3, 0.4) is 0 Å². The van der Waals surface area contributed by atoms with E-state index in [9.17, 15) is 19.2 Å². The van der Waals surface area contributed by atoms with Gasteiger partial charge in [0.2, 0.25) is 11.8 Å². The van der Waals surface area contributed by atoms with Crippen molar-refractivity contribution in [1.82, 2.24) is 16.0 Å². The molecule has 118 valence electrons. The predicted molar refractivity (Wildman–Crippen MR) is 70.5 cm³/mol. The predicted octanol–water partition coefficient (Wildman–Crippen LogP) is -1.71. The number of aliphatic carboxylic acids is 2. The van der Waals surface area contributed by atoms with Gasteiger partial charge in [0.15, 0.2) is 0 Å². The number of carbonyl (C=O) groups is 4. The Hall–Kier alpha value is -2.16. The molecule has 9 heteroatoms. The lowest BCUT2D eigenvalue weighted by Crippen LogP contribution is -2.48. The summed E-state index contributed by atoms with van der Waals surface area (Å²) in [6, 6.07) is -1.60. The first-order chi connectivity index (χ1) is 9.90. The van der Waals surface area contributed by atoms with Crippen LogP contribution in [0.1, 0.15) is 25.7 Å². The Balaban J connectivity index is 2.33. The second-order valence-electron chi connectivity index (χ2n) is 4.76. The van der Waals surface area contributed by atoms with Crippen LogP contribution >= 0.6 is 0 Å². The molecule has 1 aliphatic rings. The van der Waals surface area contributed by atoms with Crippen LogP contribution in [-0.2, 0) is 19.2 Å². The maximum absolute atomic E-state index is 11.6. The molecule has 0 spiro atoms. The van der Waals surface area contributed by atoms with Crippen LogP contribution in [0.5, 0.6) is 0 Å². The van der Waals surface area contributed by atoms with Gasteiger partial charge < -0.3 is 26.2 Å². The minimum Gasteiger partial charge on any atom is -0.481 e. The fraction of sp³-hybridized carbons (Fsp3) is 0.667. The quantitative estimate of drug-likeness (QED) is 0.359. The lowest BCUT2D eigenvalue weighted by atomic mass is 10.1. The van der Waals surface area contributed by atoms with E-state index in [0.717, 1.165) is 13.0 Å². The number of carboxylic acid groups (broad SMARTS) is 2. The monoisotopic (exact) mass is 301 g/mol. The summed E-state index contributed by atoms with van der Waals surface area (Å²) < 4.78 is 0. The Bertz CT molecular complexity index is 419. The van der Waals surface area contributed by atoms with E-state index in [-0.39, 0.29) is 31.3 Å². The molecule has 0 bridgehead atoms. The standard InChI is InChI=1S/C12H19N3O6/c16-9(6-14-11(19)7-2-1-5-13-7)15-8(12(20)21)3-4-10(17)18/h7-8,13H,1-6H2,(H,14,19)(H,15,16)(H,17,18)(H,20,21)/t7-,8-/m0/s1. The van der Waals surface area contributed by atoms with Crippen LogP contribution in [-0.4, -0.2) is 59.1 Å². The molecule has 0 radical (unpaired) electrons. The van der Waals surface area contributed by atoms with Crippen molar-refractivity contribution >= 4 is 23.8 Å². The third-order valence-corrected chi connectivity index (χ3v) is 3.08. The van der Waals surface area contributed by atoms with E-state index in [2.05, 4.69) is 16.0 Å². The summed E-state index contributed by atoms with van der Waals surface area (Å²) in [5.41, 5.74) is 0. The zero-order valence-electron chi connectivity index (χ0n) is 11.4. The van der Waals surface area contributed by atoms with Crippen molar-refractivity contribution < 1.29 is 29.4 Å². The molecule has 1 heterocycles. The zero-order chi connectivity index (χ0) is 15.8. The van der Waals surface area contributed by atoms with Crippen molar-refractivity contribution in [1.29, 1.82) is 0 Å². The molecule has 9 nitrogen and oxygen atoms in total. The molecule has 0 aromatic rings. The van der Waals surface area contributed by atoms with Gasteiger partial charge in [0.25, 0.3) is 0 Å². The minimum atomic E-state index is -1.31. The molecular formula is C12H19N3O6. The number of carbonyl (C=O) groups excluding carboxylic acids is 2. The number of hydrogen-bond donors (Lipinski definition) is 5. The molecule has 1 aliphatic heterocycles. The highest BCUT2D eigenvalue weighted by atomic mass is 16.4. The summed E-state index contributed by atoms with van der Waals surface area (Å²) in [6.07, 6.45) is 1.01. The van der Waals surface area contributed by atoms with Crippen molar-refractivity contribution in [3.8, 4) is 0 Å². The Morgan fingerprint density at radius 2 is 1.95 bits per heavy atom. The highest BCUT2D eigenvalue weighted by Crippen LogP contribution is 2.04. The second-order valence-corrected chi connectivity index (χ2v) is 4.76. The molecular weight excluding hydrogens is 282 g/mol. The van der Waals surface area contributed by atoms with Gasteiger partial charge in [-0.15, -0.1) is 0 Å². The van der Waals surface area contributed by atoms with E-state index < -0.39 is 23.9 Å². The van der Waals surface area contributed by atoms with Crippen LogP contribution in [0.4, 0.5) is 0 Å². The van der Waals surface area contributed by atoms with Crippen LogP contribution in [0, 0.1) is 0 Å². The molecule has 0 unspecified atom stereocenters. The Kier molecular flexibility index (Phi) is 6.60. The fourth-order valence-electron chi connectivity index (χ4n) is 1.97. The molecule has 1 saturated heterocycles. The van der Waals surface area contributed by atoms with Gasteiger partial charge in [0.05, 0.1) is 12.6 Å². The van der Waals surface area contributed by atoms with E-state index in [4.69, 9.17) is 10.2 Å². The summed E-state index contributed by atoms with van der Waals surface area (Å²) in [7, 11) is 0. The number of rotatable bonds is 8. The minimum absolute atomic E-state index is 0.214. The first-order valence-corrected chi connectivity index (χ1v) is 6.65. The molecule has 2 atom stereocenters. The lowest BCUT2D eigenvalue weighted by Gasteiger charge is -2.15. The number of nitrogens with one attached hydrogen (secondary N) is 3. The van der Waals surface area contributed by atoms with Gasteiger partial charge in [0.1, 0.15) is 6.04 Å². The first kappa shape index (κ1) is 16.9. The van der Waals surface area contributed by atoms with Gasteiger partial charge >= 0.3 is 11.9 Å². The Morgan fingerprint density at radius 3 is 2.48 bits per heavy atom. The molecule has 1 rings (SSSR count). The fourth-order valence-corrected chi connectivity index (χ4v) is 1.97. The molecule has 0 aromatic heterocycles. The first-order valence-electron chi connectivity index (χ1n) is 6.65. The maximum Gasteiger partial charge on any atom is 0.326 e. The van der Waals surface area contributed by atoms with Crippen LogP contribution in [0.15, 0.2) is 0 Å². The van der Waals surface area contributed by atoms with Gasteiger partial charge in [-0.3, -0.25) is 14.4 Å². The molecule has 21 heavy (non-hydrogen) atoms. The van der Waals surface area contributed by atoms with E-state index in [1.54, 1.807) is 0 Å². The topological polar surface area (TPSA) is 145 Å². The zero-order valence-corrected chi connectivity index (χ0v) is 11.4. The van der Waals surface area contributed by atoms with Gasteiger partial charge in [-0.1, -0.05) is 0 Å². The third kappa shape index (κ3) is 6.21. The maximum atomic E-state index is 11.6. The average molecular weight is 301 g/mol. The van der Waals surface area contributed by atoms with Crippen molar-refractivity contribution in [2.45, 2.75) is 37.8 Å². The molecule has 2 amide bonds. The van der Waals surface area contributed by atoms with Gasteiger partial charge in [0, 0.05) is 6.42 Å². The van der Waals surface area contributed by atoms with E-state index in [1.165, 1.54) is 0 Å². The van der Waals surface area contributed by atoms with E-state index in [0.29, 0.717) is 6.42 Å². The molecule has 0 aliphatic carbocycles. The number of carboxylic acids is 2. The van der Waals surface area contributed by atoms with Crippen molar-refractivity contribution in [3.63, 3.8) is 0 Å². The van der Waals surface area contributed by atoms with Crippen LogP contribution in [0.25, 0.3) is 0 Å². The molecule has 0 saturated carbocycles. The summed E-state index contributed by atoms with van der Waals surface area (Å²) in [4.78, 5) is 44.5. The van der Waals surface area contributed by atoms with Crippen molar-refractivity contribution in [2.24, 2.45) is 0 Å². The van der Waals surface area contributed by atoms with Gasteiger partial charge in [-0.05, 0) is 25.8 Å². The molecule has 0 aromatic carbocycles. The smallest absolute Gasteiger partial charge is 0.326 e. The van der Waals surface area contributed by atoms with Crippen LogP contribution in [0.2, 0.25) is 0 Å². The summed E-state index contributed by atoms with van der Waals surface area (Å²) in [5.74, 6) is -3.43.